The first-order valence-electron chi connectivity index (χ1n) is 7.06. The monoisotopic (exact) mass is 317 g/mol. The number of amides is 1. The number of hydrogen-bond acceptors (Lipinski definition) is 2. The molecule has 4 nitrogen and oxygen atoms in total. The summed E-state index contributed by atoms with van der Waals surface area (Å²) in [5.74, 6) is -0.0998. The summed E-state index contributed by atoms with van der Waals surface area (Å²) in [6.07, 6.45) is 4.20. The molecule has 1 amide bonds. The van der Waals surface area contributed by atoms with Crippen molar-refractivity contribution < 1.29 is 14.2 Å². The lowest BCUT2D eigenvalue weighted by Crippen LogP contribution is -2.43. The maximum atomic E-state index is 11.9. The van der Waals surface area contributed by atoms with Crippen LogP contribution in [0.1, 0.15) is 22.8 Å². The summed E-state index contributed by atoms with van der Waals surface area (Å²) in [5.41, 5.74) is 1.72. The minimum Gasteiger partial charge on any atom is -0.350 e. The van der Waals surface area contributed by atoms with Crippen LogP contribution in [0.4, 0.5) is 0 Å². The molecule has 2 rings (SSSR count). The Balaban J connectivity index is 1.81. The number of carbonyl (C=O) groups is 2. The molecule has 0 aliphatic carbocycles. The van der Waals surface area contributed by atoms with Gasteiger partial charge < -0.3 is 5.32 Å². The zero-order valence-corrected chi connectivity index (χ0v) is 13.1. The third-order valence-corrected chi connectivity index (χ3v) is 3.49. The molecule has 0 radical (unpaired) electrons. The molecular weight excluding hydrogens is 300 g/mol. The number of aromatic nitrogens is 1. The fourth-order valence-corrected chi connectivity index (χ4v) is 2.17. The van der Waals surface area contributed by atoms with Gasteiger partial charge in [0.25, 0.3) is 5.91 Å². The van der Waals surface area contributed by atoms with E-state index in [4.69, 9.17) is 11.6 Å². The predicted octanol–water partition coefficient (Wildman–Crippen LogP) is 2.19. The molecule has 0 bridgehead atoms. The highest BCUT2D eigenvalue weighted by Gasteiger charge is 2.11. The second kappa shape index (κ2) is 7.71. The molecule has 114 valence electrons. The zero-order chi connectivity index (χ0) is 15.9. The lowest BCUT2D eigenvalue weighted by molar-refractivity contribution is -0.684. The molecule has 0 fully saturated rings. The van der Waals surface area contributed by atoms with Crippen molar-refractivity contribution in [2.45, 2.75) is 19.9 Å². The molecule has 22 heavy (non-hydrogen) atoms. The third kappa shape index (κ3) is 4.97. The number of hydrogen-bond donors (Lipinski definition) is 1. The van der Waals surface area contributed by atoms with E-state index >= 15 is 0 Å². The van der Waals surface area contributed by atoms with Crippen molar-refractivity contribution >= 4 is 23.3 Å². The van der Waals surface area contributed by atoms with Gasteiger partial charge in [0.2, 0.25) is 6.54 Å². The molecule has 1 heterocycles. The van der Waals surface area contributed by atoms with Crippen LogP contribution >= 0.6 is 11.6 Å². The normalized spacial score (nSPS) is 10.3. The van der Waals surface area contributed by atoms with Crippen LogP contribution in [0.2, 0.25) is 5.02 Å². The van der Waals surface area contributed by atoms with Crippen LogP contribution in [0, 0.1) is 0 Å². The molecular formula is C17H18ClN2O2+. The van der Waals surface area contributed by atoms with Crippen molar-refractivity contribution in [1.82, 2.24) is 5.32 Å². The minimum atomic E-state index is -0.0836. The predicted molar refractivity (Wildman–Crippen MR) is 84.8 cm³/mol. The topological polar surface area (TPSA) is 50.0 Å². The quantitative estimate of drug-likeness (QED) is 0.656. The first-order chi connectivity index (χ1) is 10.5. The molecule has 0 atom stereocenters. The van der Waals surface area contributed by atoms with Crippen LogP contribution in [-0.4, -0.2) is 18.2 Å². The summed E-state index contributed by atoms with van der Waals surface area (Å²) in [4.78, 5) is 23.2. The van der Waals surface area contributed by atoms with Gasteiger partial charge in [-0.2, -0.15) is 4.57 Å². The summed E-state index contributed by atoms with van der Waals surface area (Å²) < 4.78 is 1.70. The van der Waals surface area contributed by atoms with Crippen molar-refractivity contribution in [3.05, 3.63) is 64.9 Å². The number of benzene rings is 1. The van der Waals surface area contributed by atoms with E-state index < -0.39 is 0 Å². The van der Waals surface area contributed by atoms with Crippen LogP contribution in [0.15, 0.2) is 48.8 Å². The Kier molecular flexibility index (Phi) is 5.67. The fraction of sp³-hybridized carbons (Fsp3) is 0.235. The molecule has 0 aliphatic heterocycles. The summed E-state index contributed by atoms with van der Waals surface area (Å²) >= 11 is 5.82. The molecule has 0 spiro atoms. The van der Waals surface area contributed by atoms with Crippen molar-refractivity contribution in [1.29, 1.82) is 0 Å². The van der Waals surface area contributed by atoms with Gasteiger partial charge in [0.1, 0.15) is 0 Å². The number of halogens is 1. The molecule has 1 aromatic carbocycles. The summed E-state index contributed by atoms with van der Waals surface area (Å²) in [7, 11) is 0. The van der Waals surface area contributed by atoms with E-state index in [-0.39, 0.29) is 18.2 Å². The molecule has 5 heteroatoms. The average Bonchev–Trinajstić information content (AvgIpc) is 2.49. The standard InChI is InChI=1S/C17H17ClN2O2/c1-13(21)15-3-2-10-20(11-15)12-17(22)19-9-8-14-4-6-16(18)7-5-14/h2-7,10-11H,8-9,12H2,1H3/p+1. The first kappa shape index (κ1) is 16.2. The number of ketones is 1. The summed E-state index contributed by atoms with van der Waals surface area (Å²) in [6.45, 7) is 2.26. The zero-order valence-electron chi connectivity index (χ0n) is 12.4. The minimum absolute atomic E-state index is 0.0162. The van der Waals surface area contributed by atoms with E-state index in [0.29, 0.717) is 17.1 Å². The van der Waals surface area contributed by atoms with Gasteiger partial charge in [-0.25, -0.2) is 0 Å². The number of carbonyl (C=O) groups excluding carboxylic acids is 2. The van der Waals surface area contributed by atoms with Crippen molar-refractivity contribution in [2.24, 2.45) is 0 Å². The largest absolute Gasteiger partial charge is 0.350 e. The smallest absolute Gasteiger partial charge is 0.285 e. The first-order valence-corrected chi connectivity index (χ1v) is 7.43. The lowest BCUT2D eigenvalue weighted by Gasteiger charge is -2.04. The molecule has 0 saturated carbocycles. The Morgan fingerprint density at radius 3 is 2.59 bits per heavy atom. The Hall–Kier alpha value is -2.20. The average molecular weight is 318 g/mol. The van der Waals surface area contributed by atoms with Crippen molar-refractivity contribution in [2.75, 3.05) is 6.54 Å². The highest BCUT2D eigenvalue weighted by molar-refractivity contribution is 6.30. The number of nitrogens with one attached hydrogen (secondary N) is 1. The van der Waals surface area contributed by atoms with Gasteiger partial charge in [-0.15, -0.1) is 0 Å². The van der Waals surface area contributed by atoms with Gasteiger partial charge in [0, 0.05) is 17.6 Å². The maximum Gasteiger partial charge on any atom is 0.285 e. The Labute approximate surface area is 134 Å². The van der Waals surface area contributed by atoms with Gasteiger partial charge in [0.15, 0.2) is 18.2 Å². The van der Waals surface area contributed by atoms with E-state index in [0.717, 1.165) is 12.0 Å². The number of pyridine rings is 1. The number of rotatable bonds is 6. The van der Waals surface area contributed by atoms with Gasteiger partial charge >= 0.3 is 0 Å². The van der Waals surface area contributed by atoms with Gasteiger partial charge in [0.05, 0.1) is 5.56 Å². The van der Waals surface area contributed by atoms with Crippen molar-refractivity contribution in [3.63, 3.8) is 0 Å². The van der Waals surface area contributed by atoms with E-state index in [1.54, 1.807) is 29.1 Å². The maximum absolute atomic E-state index is 11.9. The SMILES string of the molecule is CC(=O)c1ccc[n+](CC(=O)NCCc2ccc(Cl)cc2)c1. The van der Waals surface area contributed by atoms with E-state index in [9.17, 15) is 9.59 Å². The Morgan fingerprint density at radius 2 is 1.91 bits per heavy atom. The van der Waals surface area contributed by atoms with Gasteiger partial charge in [-0.1, -0.05) is 23.7 Å². The van der Waals surface area contributed by atoms with Crippen LogP contribution in [0.5, 0.6) is 0 Å². The van der Waals surface area contributed by atoms with E-state index in [1.807, 2.05) is 24.3 Å². The molecule has 0 saturated heterocycles. The van der Waals surface area contributed by atoms with E-state index in [2.05, 4.69) is 5.32 Å². The van der Waals surface area contributed by atoms with Crippen molar-refractivity contribution in [3.8, 4) is 0 Å². The van der Waals surface area contributed by atoms with Crippen LogP contribution in [0.25, 0.3) is 0 Å². The Morgan fingerprint density at radius 1 is 1.18 bits per heavy atom. The second-order valence-corrected chi connectivity index (χ2v) is 5.48. The second-order valence-electron chi connectivity index (χ2n) is 5.05. The molecule has 1 aromatic heterocycles. The number of nitrogens with zero attached hydrogens (tertiary/aromatic N) is 1. The van der Waals surface area contributed by atoms with Crippen LogP contribution < -0.4 is 9.88 Å². The molecule has 1 N–H and O–H groups in total. The molecule has 0 aliphatic rings. The van der Waals surface area contributed by atoms with Gasteiger partial charge in [-0.3, -0.25) is 9.59 Å². The molecule has 2 aromatic rings. The summed E-state index contributed by atoms with van der Waals surface area (Å²) in [5, 5.41) is 3.57. The highest BCUT2D eigenvalue weighted by atomic mass is 35.5. The Bertz CT molecular complexity index is 669. The summed E-state index contributed by atoms with van der Waals surface area (Å²) in [6, 6.07) is 11.1. The lowest BCUT2D eigenvalue weighted by atomic mass is 10.1. The third-order valence-electron chi connectivity index (χ3n) is 3.24. The highest BCUT2D eigenvalue weighted by Crippen LogP contribution is 2.09. The van der Waals surface area contributed by atoms with Gasteiger partial charge in [-0.05, 0) is 37.1 Å². The molecule has 0 unspecified atom stereocenters. The number of Topliss-reactive ketones (excluding diaryl/α,β-unsaturated/α-hetero) is 1. The van der Waals surface area contributed by atoms with Crippen LogP contribution in [-0.2, 0) is 17.8 Å². The fourth-order valence-electron chi connectivity index (χ4n) is 2.05. The van der Waals surface area contributed by atoms with Crippen LogP contribution in [0.3, 0.4) is 0 Å². The van der Waals surface area contributed by atoms with E-state index in [1.165, 1.54) is 6.92 Å².